The van der Waals surface area contributed by atoms with Crippen molar-refractivity contribution in [3.05, 3.63) is 51.2 Å². The monoisotopic (exact) mass is 302 g/mol. The van der Waals surface area contributed by atoms with Gasteiger partial charge in [0.1, 0.15) is 0 Å². The third-order valence-corrected chi connectivity index (χ3v) is 4.11. The SMILES string of the molecule is COc1ccc(/C=C/C(=O)c2cc(C)sc2C)cc1OC. The van der Waals surface area contributed by atoms with Crippen LogP contribution in [0.25, 0.3) is 6.08 Å². The number of rotatable bonds is 5. The van der Waals surface area contributed by atoms with Crippen molar-refractivity contribution in [3.8, 4) is 11.5 Å². The van der Waals surface area contributed by atoms with Crippen LogP contribution in [0.5, 0.6) is 11.5 Å². The Balaban J connectivity index is 2.21. The fraction of sp³-hybridized carbons (Fsp3) is 0.235. The van der Waals surface area contributed by atoms with E-state index in [2.05, 4.69) is 0 Å². The molecule has 0 spiro atoms. The highest BCUT2D eigenvalue weighted by Crippen LogP contribution is 2.28. The van der Waals surface area contributed by atoms with Gasteiger partial charge in [0.25, 0.3) is 0 Å². The van der Waals surface area contributed by atoms with Crippen LogP contribution in [0.1, 0.15) is 25.7 Å². The van der Waals surface area contributed by atoms with E-state index in [0.29, 0.717) is 11.5 Å². The second-order valence-corrected chi connectivity index (χ2v) is 6.10. The average molecular weight is 302 g/mol. The number of thiophene rings is 1. The number of hydrogen-bond acceptors (Lipinski definition) is 4. The van der Waals surface area contributed by atoms with Crippen LogP contribution in [0, 0.1) is 13.8 Å². The second-order valence-electron chi connectivity index (χ2n) is 4.64. The first-order chi connectivity index (χ1) is 10.0. The minimum absolute atomic E-state index is 0.0200. The fourth-order valence-electron chi connectivity index (χ4n) is 2.09. The van der Waals surface area contributed by atoms with Gasteiger partial charge in [0, 0.05) is 15.3 Å². The molecule has 2 rings (SSSR count). The molecule has 0 amide bonds. The molecular weight excluding hydrogens is 284 g/mol. The fourth-order valence-corrected chi connectivity index (χ4v) is 3.02. The van der Waals surface area contributed by atoms with Gasteiger partial charge in [-0.1, -0.05) is 12.1 Å². The predicted octanol–water partition coefficient (Wildman–Crippen LogP) is 4.28. The summed E-state index contributed by atoms with van der Waals surface area (Å²) in [6.07, 6.45) is 3.38. The largest absolute Gasteiger partial charge is 0.493 e. The Labute approximate surface area is 128 Å². The lowest BCUT2D eigenvalue weighted by Crippen LogP contribution is -1.94. The molecule has 0 fully saturated rings. The highest BCUT2D eigenvalue weighted by Gasteiger charge is 2.09. The van der Waals surface area contributed by atoms with E-state index in [1.807, 2.05) is 38.1 Å². The van der Waals surface area contributed by atoms with Crippen molar-refractivity contribution in [2.45, 2.75) is 13.8 Å². The van der Waals surface area contributed by atoms with E-state index < -0.39 is 0 Å². The Hall–Kier alpha value is -2.07. The minimum atomic E-state index is 0.0200. The summed E-state index contributed by atoms with van der Waals surface area (Å²) in [6.45, 7) is 3.97. The maximum Gasteiger partial charge on any atom is 0.186 e. The first-order valence-electron chi connectivity index (χ1n) is 6.56. The molecular formula is C17H18O3S. The summed E-state index contributed by atoms with van der Waals surface area (Å²) < 4.78 is 10.4. The van der Waals surface area contributed by atoms with Gasteiger partial charge in [-0.25, -0.2) is 0 Å². The standard InChI is InChI=1S/C17H18O3S/c1-11-9-14(12(2)21-11)15(18)7-5-13-6-8-16(19-3)17(10-13)20-4/h5-10H,1-4H3/b7-5+. The summed E-state index contributed by atoms with van der Waals surface area (Å²) >= 11 is 1.64. The van der Waals surface area contributed by atoms with E-state index in [9.17, 15) is 4.79 Å². The maximum atomic E-state index is 12.2. The molecule has 0 saturated heterocycles. The number of carbonyl (C=O) groups is 1. The summed E-state index contributed by atoms with van der Waals surface area (Å²) in [5, 5.41) is 0. The van der Waals surface area contributed by atoms with Crippen molar-refractivity contribution in [1.29, 1.82) is 0 Å². The molecule has 21 heavy (non-hydrogen) atoms. The van der Waals surface area contributed by atoms with Crippen molar-refractivity contribution < 1.29 is 14.3 Å². The molecule has 3 nitrogen and oxygen atoms in total. The first-order valence-corrected chi connectivity index (χ1v) is 7.38. The molecule has 1 aromatic carbocycles. The van der Waals surface area contributed by atoms with E-state index in [1.54, 1.807) is 37.7 Å². The van der Waals surface area contributed by atoms with Crippen LogP contribution in [-0.4, -0.2) is 20.0 Å². The van der Waals surface area contributed by atoms with Gasteiger partial charge in [-0.3, -0.25) is 4.79 Å². The van der Waals surface area contributed by atoms with Crippen LogP contribution in [0.15, 0.2) is 30.3 Å². The highest BCUT2D eigenvalue weighted by molar-refractivity contribution is 7.12. The second kappa shape index (κ2) is 6.59. The Kier molecular flexibility index (Phi) is 4.81. The van der Waals surface area contributed by atoms with Crippen molar-refractivity contribution in [2.24, 2.45) is 0 Å². The van der Waals surface area contributed by atoms with Crippen LogP contribution in [0.3, 0.4) is 0 Å². The van der Waals surface area contributed by atoms with E-state index in [1.165, 1.54) is 0 Å². The Morgan fingerprint density at radius 1 is 1.10 bits per heavy atom. The molecule has 1 heterocycles. The molecule has 0 aliphatic carbocycles. The number of carbonyl (C=O) groups excluding carboxylic acids is 1. The molecule has 0 aliphatic rings. The van der Waals surface area contributed by atoms with Crippen LogP contribution < -0.4 is 9.47 Å². The number of aryl methyl sites for hydroxylation is 2. The van der Waals surface area contributed by atoms with E-state index in [4.69, 9.17) is 9.47 Å². The van der Waals surface area contributed by atoms with Crippen LogP contribution in [0.4, 0.5) is 0 Å². The maximum absolute atomic E-state index is 12.2. The summed E-state index contributed by atoms with van der Waals surface area (Å²) in [6, 6.07) is 7.48. The zero-order chi connectivity index (χ0) is 15.4. The van der Waals surface area contributed by atoms with Crippen molar-refractivity contribution in [1.82, 2.24) is 0 Å². The van der Waals surface area contributed by atoms with E-state index >= 15 is 0 Å². The summed E-state index contributed by atoms with van der Waals surface area (Å²) in [7, 11) is 3.19. The van der Waals surface area contributed by atoms with Gasteiger partial charge in [-0.2, -0.15) is 0 Å². The third kappa shape index (κ3) is 3.52. The smallest absolute Gasteiger partial charge is 0.186 e. The number of ketones is 1. The molecule has 0 unspecified atom stereocenters. The number of methoxy groups -OCH3 is 2. The topological polar surface area (TPSA) is 35.5 Å². The minimum Gasteiger partial charge on any atom is -0.493 e. The Bertz CT molecular complexity index is 683. The zero-order valence-corrected chi connectivity index (χ0v) is 13.4. The van der Waals surface area contributed by atoms with Gasteiger partial charge in [0.2, 0.25) is 0 Å². The van der Waals surface area contributed by atoms with Crippen molar-refractivity contribution >= 4 is 23.2 Å². The molecule has 0 N–H and O–H groups in total. The molecule has 0 atom stereocenters. The zero-order valence-electron chi connectivity index (χ0n) is 12.6. The molecule has 2 aromatic rings. The van der Waals surface area contributed by atoms with Crippen molar-refractivity contribution in [3.63, 3.8) is 0 Å². The van der Waals surface area contributed by atoms with Crippen molar-refractivity contribution in [2.75, 3.05) is 14.2 Å². The van der Waals surface area contributed by atoms with E-state index in [-0.39, 0.29) is 5.78 Å². The number of benzene rings is 1. The van der Waals surface area contributed by atoms with Gasteiger partial charge in [0.05, 0.1) is 14.2 Å². The summed E-state index contributed by atoms with van der Waals surface area (Å²) in [5.41, 5.74) is 1.67. The van der Waals surface area contributed by atoms with Crippen LogP contribution in [-0.2, 0) is 0 Å². The number of ether oxygens (including phenoxy) is 2. The molecule has 4 heteroatoms. The lowest BCUT2D eigenvalue weighted by molar-refractivity contribution is 0.104. The number of hydrogen-bond donors (Lipinski definition) is 0. The summed E-state index contributed by atoms with van der Waals surface area (Å²) in [4.78, 5) is 14.4. The average Bonchev–Trinajstić information content (AvgIpc) is 2.83. The predicted molar refractivity (Wildman–Crippen MR) is 86.7 cm³/mol. The van der Waals surface area contributed by atoms with Gasteiger partial charge in [-0.05, 0) is 43.7 Å². The van der Waals surface area contributed by atoms with E-state index in [0.717, 1.165) is 20.9 Å². The molecule has 0 saturated carbocycles. The molecule has 0 bridgehead atoms. The van der Waals surface area contributed by atoms with Crippen LogP contribution >= 0.6 is 11.3 Å². The lowest BCUT2D eigenvalue weighted by Gasteiger charge is -2.07. The Morgan fingerprint density at radius 3 is 2.38 bits per heavy atom. The van der Waals surface area contributed by atoms with Gasteiger partial charge in [0.15, 0.2) is 17.3 Å². The van der Waals surface area contributed by atoms with Crippen LogP contribution in [0.2, 0.25) is 0 Å². The lowest BCUT2D eigenvalue weighted by atomic mass is 10.1. The van der Waals surface area contributed by atoms with Gasteiger partial charge >= 0.3 is 0 Å². The molecule has 0 aliphatic heterocycles. The quantitative estimate of drug-likeness (QED) is 0.611. The third-order valence-electron chi connectivity index (χ3n) is 3.14. The molecule has 0 radical (unpaired) electrons. The normalized spacial score (nSPS) is 10.9. The molecule has 110 valence electrons. The molecule has 1 aromatic heterocycles. The highest BCUT2D eigenvalue weighted by atomic mass is 32.1. The van der Waals surface area contributed by atoms with Gasteiger partial charge < -0.3 is 9.47 Å². The summed E-state index contributed by atoms with van der Waals surface area (Å²) in [5.74, 6) is 1.34. The Morgan fingerprint density at radius 2 is 1.81 bits per heavy atom. The first kappa shape index (κ1) is 15.3. The van der Waals surface area contributed by atoms with Gasteiger partial charge in [-0.15, -0.1) is 11.3 Å². The number of allylic oxidation sites excluding steroid dienone is 1.